The Morgan fingerprint density at radius 3 is 2.14 bits per heavy atom. The monoisotopic (exact) mass is 312 g/mol. The van der Waals surface area contributed by atoms with E-state index in [1.807, 2.05) is 6.92 Å². The molecule has 2 aromatic carbocycles. The van der Waals surface area contributed by atoms with Crippen molar-refractivity contribution >= 4 is 0 Å². The first-order valence-electron chi connectivity index (χ1n) is 6.71. The molecule has 0 atom stereocenters. The smallest absolute Gasteiger partial charge is 0.420 e. The normalized spacial score (nSPS) is 11.3. The molecule has 0 amide bonds. The van der Waals surface area contributed by atoms with Gasteiger partial charge in [-0.15, -0.1) is 0 Å². The molecule has 0 bridgehead atoms. The van der Waals surface area contributed by atoms with Crippen LogP contribution in [0.15, 0.2) is 42.5 Å². The molecule has 0 saturated heterocycles. The van der Waals surface area contributed by atoms with Crippen LogP contribution in [0.1, 0.15) is 18.9 Å². The van der Waals surface area contributed by atoms with Gasteiger partial charge in [0.2, 0.25) is 0 Å². The highest BCUT2D eigenvalue weighted by atomic mass is 19.4. The second-order valence-corrected chi connectivity index (χ2v) is 4.60. The van der Waals surface area contributed by atoms with Crippen LogP contribution in [0.2, 0.25) is 0 Å². The minimum atomic E-state index is -4.64. The van der Waals surface area contributed by atoms with Gasteiger partial charge in [-0.3, -0.25) is 0 Å². The van der Waals surface area contributed by atoms with Crippen LogP contribution in [-0.4, -0.2) is 11.7 Å². The molecule has 2 aromatic rings. The standard InChI is InChI=1S/C16H15F3O3/c1-2-9-21-11-3-5-12(6-4-11)22-13-7-8-15(20)14(10-13)16(17,18)19/h3-8,10,20H,2,9H2,1H3. The quantitative estimate of drug-likeness (QED) is 0.845. The van der Waals surface area contributed by atoms with Crippen molar-refractivity contribution in [3.8, 4) is 23.0 Å². The first-order valence-corrected chi connectivity index (χ1v) is 6.71. The van der Waals surface area contributed by atoms with Gasteiger partial charge >= 0.3 is 6.18 Å². The lowest BCUT2D eigenvalue weighted by atomic mass is 10.2. The molecule has 0 saturated carbocycles. The third kappa shape index (κ3) is 4.07. The van der Waals surface area contributed by atoms with Gasteiger partial charge in [0.25, 0.3) is 0 Å². The molecular weight excluding hydrogens is 297 g/mol. The summed E-state index contributed by atoms with van der Waals surface area (Å²) in [4.78, 5) is 0. The van der Waals surface area contributed by atoms with Crippen LogP contribution >= 0.6 is 0 Å². The molecule has 2 rings (SSSR count). The molecule has 3 nitrogen and oxygen atoms in total. The number of rotatable bonds is 5. The molecule has 0 aliphatic heterocycles. The maximum atomic E-state index is 12.7. The van der Waals surface area contributed by atoms with Crippen LogP contribution < -0.4 is 9.47 Å². The summed E-state index contributed by atoms with van der Waals surface area (Å²) in [5.74, 6) is 0.203. The van der Waals surface area contributed by atoms with Gasteiger partial charge in [0, 0.05) is 0 Å². The van der Waals surface area contributed by atoms with E-state index >= 15 is 0 Å². The number of phenols is 1. The van der Waals surface area contributed by atoms with E-state index in [0.29, 0.717) is 18.1 Å². The molecule has 0 aliphatic rings. The van der Waals surface area contributed by atoms with Crippen LogP contribution in [-0.2, 0) is 6.18 Å². The van der Waals surface area contributed by atoms with Crippen molar-refractivity contribution in [2.45, 2.75) is 19.5 Å². The maximum absolute atomic E-state index is 12.7. The summed E-state index contributed by atoms with van der Waals surface area (Å²) in [6, 6.07) is 9.54. The van der Waals surface area contributed by atoms with Crippen molar-refractivity contribution in [1.82, 2.24) is 0 Å². The van der Waals surface area contributed by atoms with Gasteiger partial charge < -0.3 is 14.6 Å². The summed E-state index contributed by atoms with van der Waals surface area (Å²) in [6.45, 7) is 2.58. The molecule has 0 unspecified atom stereocenters. The third-order valence-corrected chi connectivity index (χ3v) is 2.81. The molecule has 6 heteroatoms. The number of aromatic hydroxyl groups is 1. The summed E-state index contributed by atoms with van der Waals surface area (Å²) >= 11 is 0. The highest BCUT2D eigenvalue weighted by Gasteiger charge is 2.34. The van der Waals surface area contributed by atoms with Crippen LogP contribution in [0.25, 0.3) is 0 Å². The average Bonchev–Trinajstić information content (AvgIpc) is 2.47. The van der Waals surface area contributed by atoms with Gasteiger partial charge in [-0.25, -0.2) is 0 Å². The molecule has 0 aromatic heterocycles. The van der Waals surface area contributed by atoms with E-state index < -0.39 is 17.5 Å². The van der Waals surface area contributed by atoms with Gasteiger partial charge in [-0.1, -0.05) is 6.92 Å². The lowest BCUT2D eigenvalue weighted by molar-refractivity contribution is -0.138. The number of alkyl halides is 3. The molecule has 0 heterocycles. The average molecular weight is 312 g/mol. The largest absolute Gasteiger partial charge is 0.507 e. The third-order valence-electron chi connectivity index (χ3n) is 2.81. The van der Waals surface area contributed by atoms with Crippen LogP contribution in [0, 0.1) is 0 Å². The molecule has 0 spiro atoms. The minimum absolute atomic E-state index is 0.00708. The maximum Gasteiger partial charge on any atom is 0.420 e. The minimum Gasteiger partial charge on any atom is -0.507 e. The predicted molar refractivity (Wildman–Crippen MR) is 75.4 cm³/mol. The Labute approximate surface area is 125 Å². The molecule has 118 valence electrons. The van der Waals surface area contributed by atoms with E-state index in [9.17, 15) is 18.3 Å². The van der Waals surface area contributed by atoms with Crippen LogP contribution in [0.4, 0.5) is 13.2 Å². The highest BCUT2D eigenvalue weighted by Crippen LogP contribution is 2.38. The fourth-order valence-corrected chi connectivity index (χ4v) is 1.77. The SMILES string of the molecule is CCCOc1ccc(Oc2ccc(O)c(C(F)(F)F)c2)cc1. The van der Waals surface area contributed by atoms with Crippen molar-refractivity contribution in [2.75, 3.05) is 6.61 Å². The lowest BCUT2D eigenvalue weighted by Crippen LogP contribution is -2.05. The number of hydrogen-bond donors (Lipinski definition) is 1. The summed E-state index contributed by atoms with van der Waals surface area (Å²) < 4.78 is 48.9. The van der Waals surface area contributed by atoms with Crippen LogP contribution in [0.5, 0.6) is 23.0 Å². The Bertz CT molecular complexity index is 622. The number of hydrogen-bond acceptors (Lipinski definition) is 3. The molecule has 0 radical (unpaired) electrons. The Morgan fingerprint density at radius 2 is 1.55 bits per heavy atom. The topological polar surface area (TPSA) is 38.7 Å². The number of ether oxygens (including phenoxy) is 2. The summed E-state index contributed by atoms with van der Waals surface area (Å²) in [5, 5.41) is 9.26. The zero-order valence-corrected chi connectivity index (χ0v) is 11.9. The second kappa shape index (κ2) is 6.60. The highest BCUT2D eigenvalue weighted by molar-refractivity contribution is 5.43. The zero-order valence-electron chi connectivity index (χ0n) is 11.9. The Morgan fingerprint density at radius 1 is 0.955 bits per heavy atom. The molecule has 22 heavy (non-hydrogen) atoms. The lowest BCUT2D eigenvalue weighted by Gasteiger charge is -2.12. The number of phenolic OH excluding ortho intramolecular Hbond substituents is 1. The van der Waals surface area contributed by atoms with E-state index in [1.54, 1.807) is 24.3 Å². The fourth-order valence-electron chi connectivity index (χ4n) is 1.77. The summed E-state index contributed by atoms with van der Waals surface area (Å²) in [6.07, 6.45) is -3.76. The van der Waals surface area contributed by atoms with E-state index in [2.05, 4.69) is 0 Å². The summed E-state index contributed by atoms with van der Waals surface area (Å²) in [5.41, 5.74) is -1.13. The molecule has 1 N–H and O–H groups in total. The fraction of sp³-hybridized carbons (Fsp3) is 0.250. The molecular formula is C16H15F3O3. The van der Waals surface area contributed by atoms with Gasteiger partial charge in [0.1, 0.15) is 28.6 Å². The Hall–Kier alpha value is -2.37. The Balaban J connectivity index is 2.14. The summed E-state index contributed by atoms with van der Waals surface area (Å²) in [7, 11) is 0. The van der Waals surface area contributed by atoms with Crippen molar-refractivity contribution in [3.05, 3.63) is 48.0 Å². The number of benzene rings is 2. The van der Waals surface area contributed by atoms with Crippen molar-refractivity contribution in [1.29, 1.82) is 0 Å². The Kier molecular flexibility index (Phi) is 4.80. The van der Waals surface area contributed by atoms with Crippen LogP contribution in [0.3, 0.4) is 0 Å². The van der Waals surface area contributed by atoms with Gasteiger partial charge in [-0.05, 0) is 48.9 Å². The van der Waals surface area contributed by atoms with E-state index in [0.717, 1.165) is 18.6 Å². The van der Waals surface area contributed by atoms with Crippen molar-refractivity contribution in [3.63, 3.8) is 0 Å². The molecule has 0 fully saturated rings. The number of halogens is 3. The van der Waals surface area contributed by atoms with E-state index in [-0.39, 0.29) is 5.75 Å². The van der Waals surface area contributed by atoms with E-state index in [1.165, 1.54) is 6.07 Å². The van der Waals surface area contributed by atoms with Gasteiger partial charge in [-0.2, -0.15) is 13.2 Å². The zero-order chi connectivity index (χ0) is 16.2. The molecule has 0 aliphatic carbocycles. The van der Waals surface area contributed by atoms with E-state index in [4.69, 9.17) is 9.47 Å². The first-order chi connectivity index (χ1) is 10.4. The van der Waals surface area contributed by atoms with Gasteiger partial charge in [0.05, 0.1) is 6.61 Å². The van der Waals surface area contributed by atoms with Crippen molar-refractivity contribution < 1.29 is 27.8 Å². The second-order valence-electron chi connectivity index (χ2n) is 4.60. The first kappa shape index (κ1) is 16.0. The van der Waals surface area contributed by atoms with Gasteiger partial charge in [0.15, 0.2) is 0 Å². The predicted octanol–water partition coefficient (Wildman–Crippen LogP) is 4.99. The van der Waals surface area contributed by atoms with Crippen molar-refractivity contribution in [2.24, 2.45) is 0 Å².